The van der Waals surface area contributed by atoms with Crippen LogP contribution in [-0.4, -0.2) is 48.4 Å². The summed E-state index contributed by atoms with van der Waals surface area (Å²) in [6, 6.07) is 0. The first kappa shape index (κ1) is 17.8. The highest BCUT2D eigenvalue weighted by Crippen LogP contribution is 2.07. The molecule has 0 aliphatic heterocycles. The molecule has 110 valence electrons. The van der Waals surface area contributed by atoms with Crippen LogP contribution >= 0.6 is 0 Å². The molecule has 5 heteroatoms. The molecule has 0 saturated heterocycles. The van der Waals surface area contributed by atoms with E-state index in [2.05, 4.69) is 6.92 Å². The standard InChI is InChI=1S/C13H29NO4/c1-2-3-4-5-6-7-8-9-14(17-12-10-15)18-13-11-16/h15-16H,2-13H2,1H3. The summed E-state index contributed by atoms with van der Waals surface area (Å²) in [5.41, 5.74) is 0. The maximum atomic E-state index is 8.68. The lowest BCUT2D eigenvalue weighted by Gasteiger charge is -2.20. The Bertz CT molecular complexity index is 150. The molecule has 0 aromatic heterocycles. The van der Waals surface area contributed by atoms with E-state index in [-0.39, 0.29) is 26.4 Å². The van der Waals surface area contributed by atoms with Crippen LogP contribution in [0.25, 0.3) is 0 Å². The number of hydroxylamine groups is 2. The van der Waals surface area contributed by atoms with Gasteiger partial charge in [-0.15, -0.1) is 0 Å². The van der Waals surface area contributed by atoms with Crippen LogP contribution in [0.3, 0.4) is 0 Å². The Kier molecular flexibility index (Phi) is 14.7. The number of rotatable bonds is 14. The summed E-state index contributed by atoms with van der Waals surface area (Å²) in [5.74, 6) is 0. The van der Waals surface area contributed by atoms with Gasteiger partial charge in [-0.25, -0.2) is 0 Å². The van der Waals surface area contributed by atoms with Crippen molar-refractivity contribution in [1.29, 1.82) is 0 Å². The van der Waals surface area contributed by atoms with Crippen molar-refractivity contribution in [2.75, 3.05) is 33.0 Å². The van der Waals surface area contributed by atoms with E-state index < -0.39 is 0 Å². The minimum Gasteiger partial charge on any atom is -0.394 e. The largest absolute Gasteiger partial charge is 0.394 e. The number of nitrogens with zero attached hydrogens (tertiary/aromatic N) is 1. The lowest BCUT2D eigenvalue weighted by molar-refractivity contribution is -0.371. The Morgan fingerprint density at radius 3 is 1.78 bits per heavy atom. The molecule has 0 unspecified atom stereocenters. The second-order valence-electron chi connectivity index (χ2n) is 4.29. The first-order valence-electron chi connectivity index (χ1n) is 7.10. The van der Waals surface area contributed by atoms with Crippen LogP contribution < -0.4 is 0 Å². The van der Waals surface area contributed by atoms with Crippen molar-refractivity contribution in [3.05, 3.63) is 0 Å². The van der Waals surface area contributed by atoms with Gasteiger partial charge in [0.05, 0.1) is 33.0 Å². The molecule has 0 saturated carbocycles. The van der Waals surface area contributed by atoms with Gasteiger partial charge < -0.3 is 10.2 Å². The maximum Gasteiger partial charge on any atom is 0.0942 e. The molecule has 18 heavy (non-hydrogen) atoms. The molecule has 0 aromatic carbocycles. The summed E-state index contributed by atoms with van der Waals surface area (Å²) < 4.78 is 0. The van der Waals surface area contributed by atoms with Crippen LogP contribution in [0.1, 0.15) is 51.9 Å². The first-order chi connectivity index (χ1) is 8.85. The molecule has 0 aliphatic carbocycles. The van der Waals surface area contributed by atoms with Gasteiger partial charge in [0.25, 0.3) is 0 Å². The zero-order chi connectivity index (χ0) is 13.5. The number of aliphatic hydroxyl groups is 2. The van der Waals surface area contributed by atoms with Gasteiger partial charge in [0.15, 0.2) is 0 Å². The van der Waals surface area contributed by atoms with E-state index >= 15 is 0 Å². The molecule has 0 atom stereocenters. The van der Waals surface area contributed by atoms with Crippen LogP contribution in [0.5, 0.6) is 0 Å². The van der Waals surface area contributed by atoms with Gasteiger partial charge in [-0.1, -0.05) is 50.7 Å². The fourth-order valence-corrected chi connectivity index (χ4v) is 1.65. The highest BCUT2D eigenvalue weighted by Gasteiger charge is 2.05. The fourth-order valence-electron chi connectivity index (χ4n) is 1.65. The van der Waals surface area contributed by atoms with Gasteiger partial charge in [-0.2, -0.15) is 0 Å². The second-order valence-corrected chi connectivity index (χ2v) is 4.29. The van der Waals surface area contributed by atoms with Crippen molar-refractivity contribution in [2.45, 2.75) is 51.9 Å². The minimum absolute atomic E-state index is 0.0317. The summed E-state index contributed by atoms with van der Waals surface area (Å²) in [6.45, 7) is 3.28. The van der Waals surface area contributed by atoms with Crippen molar-refractivity contribution in [3.8, 4) is 0 Å². The van der Waals surface area contributed by atoms with Crippen LogP contribution in [-0.2, 0) is 9.68 Å². The minimum atomic E-state index is -0.0317. The zero-order valence-electron chi connectivity index (χ0n) is 11.6. The monoisotopic (exact) mass is 263 g/mol. The average molecular weight is 263 g/mol. The van der Waals surface area contributed by atoms with E-state index in [1.807, 2.05) is 0 Å². The van der Waals surface area contributed by atoms with E-state index in [0.717, 1.165) is 12.8 Å². The predicted molar refractivity (Wildman–Crippen MR) is 70.8 cm³/mol. The molecule has 0 aromatic rings. The molecule has 0 fully saturated rings. The molecular formula is C13H29NO4. The van der Waals surface area contributed by atoms with Crippen molar-refractivity contribution in [3.63, 3.8) is 0 Å². The van der Waals surface area contributed by atoms with Crippen LogP contribution in [0, 0.1) is 0 Å². The maximum absolute atomic E-state index is 8.68. The highest BCUT2D eigenvalue weighted by molar-refractivity contribution is 4.46. The van der Waals surface area contributed by atoms with Gasteiger partial charge in [0, 0.05) is 0 Å². The molecular weight excluding hydrogens is 234 g/mol. The fraction of sp³-hybridized carbons (Fsp3) is 1.00. The second kappa shape index (κ2) is 14.9. The van der Waals surface area contributed by atoms with Crippen molar-refractivity contribution < 1.29 is 19.9 Å². The molecule has 5 nitrogen and oxygen atoms in total. The van der Waals surface area contributed by atoms with Gasteiger partial charge in [-0.05, 0) is 6.42 Å². The molecule has 2 N–H and O–H groups in total. The average Bonchev–Trinajstić information content (AvgIpc) is 2.40. The van der Waals surface area contributed by atoms with Gasteiger partial charge in [-0.3, -0.25) is 9.68 Å². The van der Waals surface area contributed by atoms with Crippen LogP contribution in [0.2, 0.25) is 0 Å². The third kappa shape index (κ3) is 12.3. The molecule has 0 radical (unpaired) electrons. The number of hydrogen-bond donors (Lipinski definition) is 2. The van der Waals surface area contributed by atoms with Crippen LogP contribution in [0.4, 0.5) is 0 Å². The Labute approximate surface area is 111 Å². The molecule has 0 spiro atoms. The zero-order valence-corrected chi connectivity index (χ0v) is 11.6. The van der Waals surface area contributed by atoms with E-state index in [0.29, 0.717) is 6.54 Å². The predicted octanol–water partition coefficient (Wildman–Crippen LogP) is 1.89. The summed E-state index contributed by atoms with van der Waals surface area (Å²) >= 11 is 0. The summed E-state index contributed by atoms with van der Waals surface area (Å²) in [5, 5.41) is 18.7. The Morgan fingerprint density at radius 1 is 0.778 bits per heavy atom. The summed E-state index contributed by atoms with van der Waals surface area (Å²) in [7, 11) is 0. The Hall–Kier alpha value is -0.200. The first-order valence-corrected chi connectivity index (χ1v) is 7.10. The molecule has 0 rings (SSSR count). The Morgan fingerprint density at radius 2 is 1.28 bits per heavy atom. The Balaban J connectivity index is 3.43. The van der Waals surface area contributed by atoms with Crippen molar-refractivity contribution in [1.82, 2.24) is 5.23 Å². The SMILES string of the molecule is CCCCCCCCCN(OCCO)OCCO. The smallest absolute Gasteiger partial charge is 0.0942 e. The molecule has 0 amide bonds. The van der Waals surface area contributed by atoms with Gasteiger partial charge >= 0.3 is 0 Å². The number of hydrogen-bond acceptors (Lipinski definition) is 5. The van der Waals surface area contributed by atoms with Gasteiger partial charge in [0.1, 0.15) is 0 Å². The third-order valence-corrected chi connectivity index (χ3v) is 2.60. The van der Waals surface area contributed by atoms with Crippen LogP contribution in [0.15, 0.2) is 0 Å². The molecule has 0 heterocycles. The lowest BCUT2D eigenvalue weighted by Crippen LogP contribution is -2.28. The van der Waals surface area contributed by atoms with E-state index in [1.54, 1.807) is 0 Å². The van der Waals surface area contributed by atoms with Crippen molar-refractivity contribution in [2.24, 2.45) is 0 Å². The van der Waals surface area contributed by atoms with Crippen molar-refractivity contribution >= 4 is 0 Å². The summed E-state index contributed by atoms with van der Waals surface area (Å²) in [4.78, 5) is 10.4. The van der Waals surface area contributed by atoms with Gasteiger partial charge in [0.2, 0.25) is 0 Å². The summed E-state index contributed by atoms with van der Waals surface area (Å²) in [6.07, 6.45) is 8.62. The quantitative estimate of drug-likeness (QED) is 0.370. The van der Waals surface area contributed by atoms with E-state index in [1.165, 1.54) is 37.3 Å². The lowest BCUT2D eigenvalue weighted by atomic mass is 10.1. The number of aliphatic hydroxyl groups excluding tert-OH is 2. The topological polar surface area (TPSA) is 62.2 Å². The normalized spacial score (nSPS) is 11.3. The highest BCUT2D eigenvalue weighted by atomic mass is 16.9. The van der Waals surface area contributed by atoms with E-state index in [9.17, 15) is 0 Å². The molecule has 0 bridgehead atoms. The third-order valence-electron chi connectivity index (χ3n) is 2.60. The molecule has 0 aliphatic rings. The van der Waals surface area contributed by atoms with E-state index in [4.69, 9.17) is 19.9 Å². The number of unbranched alkanes of at least 4 members (excludes halogenated alkanes) is 6.